The number of ether oxygens (including phenoxy) is 1. The van der Waals surface area contributed by atoms with Crippen molar-refractivity contribution in [3.8, 4) is 5.75 Å². The zero-order valence-electron chi connectivity index (χ0n) is 18.6. The molecule has 0 atom stereocenters. The van der Waals surface area contributed by atoms with E-state index in [-0.39, 0.29) is 24.5 Å². The van der Waals surface area contributed by atoms with Crippen molar-refractivity contribution in [3.05, 3.63) is 92.1 Å². The Morgan fingerprint density at radius 3 is 2.66 bits per heavy atom. The van der Waals surface area contributed by atoms with E-state index in [9.17, 15) is 9.59 Å². The van der Waals surface area contributed by atoms with Gasteiger partial charge in [0, 0.05) is 35.0 Å². The minimum atomic E-state index is -0.285. The van der Waals surface area contributed by atoms with Crippen LogP contribution in [0.1, 0.15) is 41.0 Å². The maximum atomic E-state index is 12.8. The Hall–Kier alpha value is -2.77. The van der Waals surface area contributed by atoms with Crippen LogP contribution in [0.15, 0.2) is 64.1 Å². The van der Waals surface area contributed by atoms with Crippen molar-refractivity contribution in [1.82, 2.24) is 14.9 Å². The van der Waals surface area contributed by atoms with Crippen LogP contribution in [-0.2, 0) is 19.7 Å². The smallest absolute Gasteiger partial charge is 0.254 e. The molecule has 6 nitrogen and oxygen atoms in total. The molecule has 0 fully saturated rings. The summed E-state index contributed by atoms with van der Waals surface area (Å²) < 4.78 is 7.94. The largest absolute Gasteiger partial charge is 0.487 e. The van der Waals surface area contributed by atoms with Gasteiger partial charge in [0.05, 0.1) is 12.2 Å². The second-order valence-electron chi connectivity index (χ2n) is 8.18. The molecule has 7 heteroatoms. The lowest BCUT2D eigenvalue weighted by molar-refractivity contribution is 0.0970. The summed E-state index contributed by atoms with van der Waals surface area (Å²) in [6.45, 7) is 8.22. The molecule has 168 valence electrons. The topological polar surface area (TPSA) is 73.2 Å². The van der Waals surface area contributed by atoms with E-state index in [2.05, 4.69) is 40.1 Å². The molecule has 0 spiro atoms. The molecule has 3 rings (SSSR count). The Balaban J connectivity index is 1.61. The van der Waals surface area contributed by atoms with Crippen LogP contribution in [0.3, 0.4) is 0 Å². The number of carbonyl (C=O) groups is 1. The van der Waals surface area contributed by atoms with Crippen LogP contribution >= 0.6 is 15.9 Å². The van der Waals surface area contributed by atoms with Crippen molar-refractivity contribution in [2.45, 2.75) is 40.5 Å². The Bertz CT molecular complexity index is 1120. The van der Waals surface area contributed by atoms with Gasteiger partial charge in [-0.05, 0) is 64.6 Å². The van der Waals surface area contributed by atoms with Crippen molar-refractivity contribution < 1.29 is 9.53 Å². The molecule has 0 amide bonds. The first-order valence-electron chi connectivity index (χ1n) is 10.6. The lowest BCUT2D eigenvalue weighted by Gasteiger charge is -2.12. The van der Waals surface area contributed by atoms with Gasteiger partial charge in [-0.3, -0.25) is 14.6 Å². The van der Waals surface area contributed by atoms with Crippen LogP contribution in [0.4, 0.5) is 0 Å². The van der Waals surface area contributed by atoms with E-state index in [1.807, 2.05) is 37.3 Å². The van der Waals surface area contributed by atoms with E-state index in [0.717, 1.165) is 34.4 Å². The van der Waals surface area contributed by atoms with Crippen molar-refractivity contribution in [3.63, 3.8) is 0 Å². The van der Waals surface area contributed by atoms with Gasteiger partial charge in [-0.2, -0.15) is 0 Å². The highest BCUT2D eigenvalue weighted by molar-refractivity contribution is 9.10. The third kappa shape index (κ3) is 6.87. The Morgan fingerprint density at radius 2 is 2.00 bits per heavy atom. The number of carbonyl (C=O) groups excluding carboxylic acids is 1. The fourth-order valence-electron chi connectivity index (χ4n) is 3.25. The lowest BCUT2D eigenvalue weighted by Crippen LogP contribution is -2.23. The molecule has 0 radical (unpaired) electrons. The molecule has 2 aromatic heterocycles. The fraction of sp³-hybridized carbons (Fsp3) is 0.320. The predicted molar refractivity (Wildman–Crippen MR) is 129 cm³/mol. The maximum Gasteiger partial charge on any atom is 0.254 e. The van der Waals surface area contributed by atoms with Crippen LogP contribution in [0.25, 0.3) is 0 Å². The third-order valence-electron chi connectivity index (χ3n) is 4.93. The minimum Gasteiger partial charge on any atom is -0.487 e. The van der Waals surface area contributed by atoms with Gasteiger partial charge in [-0.25, -0.2) is 0 Å². The van der Waals surface area contributed by atoms with Gasteiger partial charge in [0.2, 0.25) is 0 Å². The molecule has 0 saturated carbocycles. The summed E-state index contributed by atoms with van der Waals surface area (Å²) in [5.74, 6) is 0.932. The summed E-state index contributed by atoms with van der Waals surface area (Å²) in [5, 5.41) is 3.40. The molecule has 0 aliphatic heterocycles. The van der Waals surface area contributed by atoms with Gasteiger partial charge in [0.1, 0.15) is 12.4 Å². The second kappa shape index (κ2) is 11.2. The average Bonchev–Trinajstić information content (AvgIpc) is 2.75. The standard InChI is InChI=1S/C25H28BrN3O3/c1-17(2)12-27-13-19-4-7-23(18(3)10-19)24(30)15-29-9-8-22(11-25(29)31)32-16-21-6-5-20(26)14-28-21/h4-11,14,17,27H,12-13,15-16H2,1-3H3. The van der Waals surface area contributed by atoms with Crippen LogP contribution in [-0.4, -0.2) is 21.9 Å². The first kappa shape index (κ1) is 23.9. The van der Waals surface area contributed by atoms with Crippen molar-refractivity contribution >= 4 is 21.7 Å². The zero-order chi connectivity index (χ0) is 23.1. The fourth-order valence-corrected chi connectivity index (χ4v) is 3.49. The highest BCUT2D eigenvalue weighted by atomic mass is 79.9. The quantitative estimate of drug-likeness (QED) is 0.416. The number of benzene rings is 1. The first-order chi connectivity index (χ1) is 15.3. The number of halogens is 1. The summed E-state index contributed by atoms with van der Waals surface area (Å²) >= 11 is 3.34. The van der Waals surface area contributed by atoms with Crippen LogP contribution in [0, 0.1) is 12.8 Å². The second-order valence-corrected chi connectivity index (χ2v) is 9.10. The molecule has 0 unspecified atom stereocenters. The maximum absolute atomic E-state index is 12.8. The SMILES string of the molecule is Cc1cc(CNCC(C)C)ccc1C(=O)Cn1ccc(OCc2ccc(Br)cn2)cc1=O. The molecule has 0 bridgehead atoms. The number of aromatic nitrogens is 2. The van der Waals surface area contributed by atoms with E-state index >= 15 is 0 Å². The summed E-state index contributed by atoms with van der Waals surface area (Å²) in [7, 11) is 0. The predicted octanol–water partition coefficient (Wildman–Crippen LogP) is 4.52. The molecule has 1 aromatic carbocycles. The number of nitrogens with zero attached hydrogens (tertiary/aromatic N) is 2. The zero-order valence-corrected chi connectivity index (χ0v) is 20.2. The Kier molecular flexibility index (Phi) is 8.36. The molecule has 0 aliphatic carbocycles. The van der Waals surface area contributed by atoms with Crippen molar-refractivity contribution in [2.24, 2.45) is 5.92 Å². The van der Waals surface area contributed by atoms with Crippen LogP contribution in [0.5, 0.6) is 5.75 Å². The molecule has 1 N–H and O–H groups in total. The van der Waals surface area contributed by atoms with Gasteiger partial charge in [0.25, 0.3) is 5.56 Å². The average molecular weight is 498 g/mol. The molecule has 0 saturated heterocycles. The number of hydrogen-bond acceptors (Lipinski definition) is 5. The normalized spacial score (nSPS) is 11.0. The molecule has 3 aromatic rings. The van der Waals surface area contributed by atoms with Gasteiger partial charge < -0.3 is 14.6 Å². The highest BCUT2D eigenvalue weighted by Crippen LogP contribution is 2.14. The summed E-state index contributed by atoms with van der Waals surface area (Å²) in [6, 6.07) is 12.6. The number of ketones is 1. The summed E-state index contributed by atoms with van der Waals surface area (Å²) in [4.78, 5) is 29.5. The van der Waals surface area contributed by atoms with E-state index in [1.165, 1.54) is 10.6 Å². The van der Waals surface area contributed by atoms with Crippen molar-refractivity contribution in [2.75, 3.05) is 6.54 Å². The summed E-state index contributed by atoms with van der Waals surface area (Å²) in [6.07, 6.45) is 3.28. The molecular weight excluding hydrogens is 470 g/mol. The number of hydrogen-bond donors (Lipinski definition) is 1. The lowest BCUT2D eigenvalue weighted by atomic mass is 10.0. The minimum absolute atomic E-state index is 0.0147. The van der Waals surface area contributed by atoms with E-state index < -0.39 is 0 Å². The summed E-state index contributed by atoms with van der Waals surface area (Å²) in [5.41, 5.74) is 3.15. The van der Waals surface area contributed by atoms with Crippen LogP contribution < -0.4 is 15.6 Å². The number of nitrogens with one attached hydrogen (secondary N) is 1. The number of aryl methyl sites for hydroxylation is 1. The third-order valence-corrected chi connectivity index (χ3v) is 5.40. The van der Waals surface area contributed by atoms with Crippen molar-refractivity contribution in [1.29, 1.82) is 0 Å². The van der Waals surface area contributed by atoms with Gasteiger partial charge >= 0.3 is 0 Å². The number of pyridine rings is 2. The van der Waals surface area contributed by atoms with Gasteiger partial charge in [-0.15, -0.1) is 0 Å². The molecule has 32 heavy (non-hydrogen) atoms. The number of Topliss-reactive ketones (excluding diaryl/α,β-unsaturated/α-hetero) is 1. The number of rotatable bonds is 10. The van der Waals surface area contributed by atoms with Crippen LogP contribution in [0.2, 0.25) is 0 Å². The molecule has 0 aliphatic rings. The molecular formula is C25H28BrN3O3. The Labute approximate surface area is 196 Å². The molecule has 2 heterocycles. The first-order valence-corrected chi connectivity index (χ1v) is 11.4. The monoisotopic (exact) mass is 497 g/mol. The van der Waals surface area contributed by atoms with E-state index in [4.69, 9.17) is 4.74 Å². The van der Waals surface area contributed by atoms with E-state index in [1.54, 1.807) is 18.5 Å². The highest BCUT2D eigenvalue weighted by Gasteiger charge is 2.12. The van der Waals surface area contributed by atoms with Gasteiger partial charge in [0.15, 0.2) is 5.78 Å². The Morgan fingerprint density at radius 1 is 1.19 bits per heavy atom. The van der Waals surface area contributed by atoms with Gasteiger partial charge in [-0.1, -0.05) is 32.0 Å². The van der Waals surface area contributed by atoms with E-state index in [0.29, 0.717) is 17.2 Å².